The Hall–Kier alpha value is -3.89. The second-order valence-electron chi connectivity index (χ2n) is 7.55. The van der Waals surface area contributed by atoms with E-state index in [1.165, 1.54) is 7.11 Å². The van der Waals surface area contributed by atoms with Crippen LogP contribution in [-0.4, -0.2) is 37.4 Å². The summed E-state index contributed by atoms with van der Waals surface area (Å²) in [5, 5.41) is 10.8. The number of hydrogen-bond acceptors (Lipinski definition) is 5. The smallest absolute Gasteiger partial charge is 0.433 e. The molecule has 0 fully saturated rings. The molecule has 0 bridgehead atoms. The van der Waals surface area contributed by atoms with Crippen LogP contribution in [0.15, 0.2) is 42.7 Å². The van der Waals surface area contributed by atoms with Gasteiger partial charge in [0.15, 0.2) is 11.3 Å². The van der Waals surface area contributed by atoms with Gasteiger partial charge < -0.3 is 10.1 Å². The number of ether oxygens (including phenoxy) is 1. The van der Waals surface area contributed by atoms with Crippen LogP contribution in [0.4, 0.5) is 13.2 Å². The van der Waals surface area contributed by atoms with E-state index < -0.39 is 23.8 Å². The lowest BCUT2D eigenvalue weighted by Crippen LogP contribution is -2.27. The number of carbonyl (C=O) groups is 1. The molecule has 1 amide bonds. The van der Waals surface area contributed by atoms with Crippen LogP contribution in [0.1, 0.15) is 40.3 Å². The average Bonchev–Trinajstić information content (AvgIpc) is 3.35. The number of amides is 1. The van der Waals surface area contributed by atoms with Gasteiger partial charge in [0.1, 0.15) is 11.3 Å². The van der Waals surface area contributed by atoms with Gasteiger partial charge in [-0.3, -0.25) is 9.48 Å². The van der Waals surface area contributed by atoms with Crippen molar-refractivity contribution in [1.82, 2.24) is 29.7 Å². The quantitative estimate of drug-likeness (QED) is 0.489. The Balaban J connectivity index is 1.77. The van der Waals surface area contributed by atoms with Gasteiger partial charge in [-0.25, -0.2) is 9.50 Å². The van der Waals surface area contributed by atoms with E-state index in [1.807, 2.05) is 6.92 Å². The van der Waals surface area contributed by atoms with Gasteiger partial charge in [-0.15, -0.1) is 0 Å². The SMILES string of the molecule is COc1ccc(-c2cc(C(F)(F)F)n3ncc(C(=O)NC(C)c4cnn(C)c4C)c3n2)cc1. The molecular weight excluding hydrogens is 437 g/mol. The fourth-order valence-electron chi connectivity index (χ4n) is 3.53. The van der Waals surface area contributed by atoms with Crippen molar-refractivity contribution in [2.24, 2.45) is 7.05 Å². The summed E-state index contributed by atoms with van der Waals surface area (Å²) in [5.41, 5.74) is 0.868. The van der Waals surface area contributed by atoms with Crippen LogP contribution in [0.2, 0.25) is 0 Å². The highest BCUT2D eigenvalue weighted by Crippen LogP contribution is 2.33. The Labute approximate surface area is 187 Å². The van der Waals surface area contributed by atoms with E-state index in [-0.39, 0.29) is 16.9 Å². The highest BCUT2D eigenvalue weighted by atomic mass is 19.4. The van der Waals surface area contributed by atoms with Crippen LogP contribution in [0, 0.1) is 6.92 Å². The molecule has 0 aliphatic carbocycles. The predicted molar refractivity (Wildman–Crippen MR) is 114 cm³/mol. The fourth-order valence-corrected chi connectivity index (χ4v) is 3.53. The standard InChI is InChI=1S/C22H21F3N6O2/c1-12(16-10-26-30(3)13(16)2)28-21(32)17-11-27-31-19(22(23,24)25)9-18(29-20(17)31)14-5-7-15(33-4)8-6-14/h5-12H,1-4H3,(H,28,32). The fraction of sp³-hybridized carbons (Fsp3) is 0.273. The Morgan fingerprint density at radius 3 is 2.42 bits per heavy atom. The Morgan fingerprint density at radius 2 is 1.85 bits per heavy atom. The number of aromatic nitrogens is 5. The summed E-state index contributed by atoms with van der Waals surface area (Å²) in [5.74, 6) is -0.0340. The van der Waals surface area contributed by atoms with Crippen molar-refractivity contribution >= 4 is 11.6 Å². The Bertz CT molecular complexity index is 1320. The highest BCUT2D eigenvalue weighted by Gasteiger charge is 2.36. The molecule has 3 aromatic heterocycles. The molecule has 33 heavy (non-hydrogen) atoms. The van der Waals surface area contributed by atoms with Gasteiger partial charge in [0, 0.05) is 23.9 Å². The number of rotatable bonds is 5. The Kier molecular flexibility index (Phi) is 5.56. The van der Waals surface area contributed by atoms with E-state index >= 15 is 0 Å². The lowest BCUT2D eigenvalue weighted by molar-refractivity contribution is -0.142. The van der Waals surface area contributed by atoms with E-state index in [2.05, 4.69) is 20.5 Å². The van der Waals surface area contributed by atoms with E-state index in [9.17, 15) is 18.0 Å². The molecule has 11 heteroatoms. The molecule has 1 unspecified atom stereocenters. The lowest BCUT2D eigenvalue weighted by Gasteiger charge is -2.14. The number of nitrogens with one attached hydrogen (secondary N) is 1. The van der Waals surface area contributed by atoms with Crippen LogP contribution in [0.5, 0.6) is 5.75 Å². The molecule has 0 radical (unpaired) electrons. The van der Waals surface area contributed by atoms with Gasteiger partial charge in [-0.05, 0) is 44.2 Å². The molecule has 3 heterocycles. The molecule has 0 aliphatic rings. The summed E-state index contributed by atoms with van der Waals surface area (Å²) < 4.78 is 48.8. The number of halogens is 3. The second kappa shape index (κ2) is 8.23. The van der Waals surface area contributed by atoms with Crippen molar-refractivity contribution < 1.29 is 22.7 Å². The number of benzene rings is 1. The average molecular weight is 458 g/mol. The molecule has 0 aliphatic heterocycles. The number of nitrogens with zero attached hydrogens (tertiary/aromatic N) is 5. The number of alkyl halides is 3. The maximum absolute atomic E-state index is 13.8. The third kappa shape index (κ3) is 4.13. The van der Waals surface area contributed by atoms with Gasteiger partial charge >= 0.3 is 6.18 Å². The molecular formula is C22H21F3N6O2. The first-order valence-electron chi connectivity index (χ1n) is 10.00. The minimum Gasteiger partial charge on any atom is -0.497 e. The molecule has 4 rings (SSSR count). The van der Waals surface area contributed by atoms with Gasteiger partial charge in [0.2, 0.25) is 0 Å². The third-order valence-corrected chi connectivity index (χ3v) is 5.48. The van der Waals surface area contributed by atoms with Crippen molar-refractivity contribution in [3.8, 4) is 17.0 Å². The highest BCUT2D eigenvalue weighted by molar-refractivity contribution is 6.00. The van der Waals surface area contributed by atoms with Crippen LogP contribution < -0.4 is 10.1 Å². The largest absolute Gasteiger partial charge is 0.497 e. The van der Waals surface area contributed by atoms with E-state index in [0.29, 0.717) is 15.8 Å². The Morgan fingerprint density at radius 1 is 1.15 bits per heavy atom. The van der Waals surface area contributed by atoms with Crippen LogP contribution >= 0.6 is 0 Å². The van der Waals surface area contributed by atoms with Crippen molar-refractivity contribution in [3.63, 3.8) is 0 Å². The van der Waals surface area contributed by atoms with Gasteiger partial charge in [-0.2, -0.15) is 23.4 Å². The summed E-state index contributed by atoms with van der Waals surface area (Å²) in [7, 11) is 3.27. The molecule has 0 saturated heterocycles. The summed E-state index contributed by atoms with van der Waals surface area (Å²) in [6.45, 7) is 3.63. The molecule has 1 aromatic carbocycles. The summed E-state index contributed by atoms with van der Waals surface area (Å²) in [6, 6.07) is 6.92. The molecule has 1 N–H and O–H groups in total. The van der Waals surface area contributed by atoms with Crippen LogP contribution in [0.3, 0.4) is 0 Å². The number of hydrogen-bond donors (Lipinski definition) is 1. The van der Waals surface area contributed by atoms with E-state index in [4.69, 9.17) is 4.74 Å². The summed E-state index contributed by atoms with van der Waals surface area (Å²) in [4.78, 5) is 17.3. The van der Waals surface area contributed by atoms with Crippen molar-refractivity contribution in [2.45, 2.75) is 26.1 Å². The van der Waals surface area contributed by atoms with Gasteiger partial charge in [-0.1, -0.05) is 0 Å². The molecule has 0 saturated carbocycles. The first kappa shape index (κ1) is 22.3. The number of methoxy groups -OCH3 is 1. The minimum absolute atomic E-state index is 0.0585. The molecule has 172 valence electrons. The minimum atomic E-state index is -4.71. The predicted octanol–water partition coefficient (Wildman–Crippen LogP) is 3.96. The number of fused-ring (bicyclic) bond motifs is 1. The monoisotopic (exact) mass is 458 g/mol. The first-order valence-corrected chi connectivity index (χ1v) is 10.00. The van der Waals surface area contributed by atoms with Crippen LogP contribution in [-0.2, 0) is 13.2 Å². The first-order chi connectivity index (χ1) is 15.6. The third-order valence-electron chi connectivity index (χ3n) is 5.48. The van der Waals surface area contributed by atoms with Crippen molar-refractivity contribution in [3.05, 3.63) is 65.2 Å². The van der Waals surface area contributed by atoms with Gasteiger partial charge in [0.05, 0.1) is 31.2 Å². The molecule has 0 spiro atoms. The van der Waals surface area contributed by atoms with Gasteiger partial charge in [0.25, 0.3) is 5.91 Å². The van der Waals surface area contributed by atoms with Crippen LogP contribution in [0.25, 0.3) is 16.9 Å². The normalized spacial score (nSPS) is 12.7. The van der Waals surface area contributed by atoms with Crippen molar-refractivity contribution in [2.75, 3.05) is 7.11 Å². The zero-order chi connectivity index (χ0) is 23.9. The zero-order valence-electron chi connectivity index (χ0n) is 18.3. The summed E-state index contributed by atoms with van der Waals surface area (Å²) in [6.07, 6.45) is -1.98. The topological polar surface area (TPSA) is 86.3 Å². The maximum atomic E-state index is 13.8. The molecule has 1 atom stereocenters. The zero-order valence-corrected chi connectivity index (χ0v) is 18.3. The number of aryl methyl sites for hydroxylation is 1. The maximum Gasteiger partial charge on any atom is 0.433 e. The molecule has 4 aromatic rings. The van der Waals surface area contributed by atoms with E-state index in [0.717, 1.165) is 23.5 Å². The lowest BCUT2D eigenvalue weighted by atomic mass is 10.1. The molecule has 8 nitrogen and oxygen atoms in total. The van der Waals surface area contributed by atoms with E-state index in [1.54, 1.807) is 49.1 Å². The second-order valence-corrected chi connectivity index (χ2v) is 7.55. The van der Waals surface area contributed by atoms with Crippen molar-refractivity contribution in [1.29, 1.82) is 0 Å². The summed E-state index contributed by atoms with van der Waals surface area (Å²) >= 11 is 0. The number of carbonyl (C=O) groups excluding carboxylic acids is 1.